The molecule has 24 heavy (non-hydrogen) atoms. The van der Waals surface area contributed by atoms with Gasteiger partial charge in [-0.1, -0.05) is 39.0 Å². The number of aromatic nitrogens is 4. The molecular weight excluding hydrogens is 302 g/mol. The van der Waals surface area contributed by atoms with Crippen molar-refractivity contribution in [3.05, 3.63) is 47.8 Å². The van der Waals surface area contributed by atoms with E-state index in [4.69, 9.17) is 4.74 Å². The predicted octanol–water partition coefficient (Wildman–Crippen LogP) is 3.22. The molecule has 0 aliphatic rings. The average molecular weight is 325 g/mol. The number of benzene rings is 1. The standard InChI is InChI=1S/C18H23N5O/c1-13-20-21-17-10-9-16(22-23(13)17)19-11-12-24-15-8-6-5-7-14(15)18(2,3)4/h5-10H,11-12H2,1-4H3,(H,19,22). The summed E-state index contributed by atoms with van der Waals surface area (Å²) < 4.78 is 7.68. The van der Waals surface area contributed by atoms with Crippen LogP contribution < -0.4 is 10.1 Å². The lowest BCUT2D eigenvalue weighted by Gasteiger charge is -2.22. The molecular formula is C18H23N5O. The molecule has 6 heteroatoms. The number of anilines is 1. The molecule has 0 aliphatic carbocycles. The maximum absolute atomic E-state index is 5.96. The van der Waals surface area contributed by atoms with Gasteiger partial charge in [0.15, 0.2) is 11.5 Å². The fourth-order valence-corrected chi connectivity index (χ4v) is 2.54. The van der Waals surface area contributed by atoms with Gasteiger partial charge in [0.1, 0.15) is 18.2 Å². The van der Waals surface area contributed by atoms with E-state index in [1.165, 1.54) is 5.56 Å². The number of fused-ring (bicyclic) bond motifs is 1. The van der Waals surface area contributed by atoms with Crippen LogP contribution in [0, 0.1) is 6.92 Å². The second-order valence-corrected chi connectivity index (χ2v) is 6.76. The number of hydrogen-bond donors (Lipinski definition) is 1. The average Bonchev–Trinajstić information content (AvgIpc) is 2.92. The second-order valence-electron chi connectivity index (χ2n) is 6.76. The van der Waals surface area contributed by atoms with Gasteiger partial charge in [0, 0.05) is 0 Å². The van der Waals surface area contributed by atoms with Gasteiger partial charge in [-0.25, -0.2) is 0 Å². The van der Waals surface area contributed by atoms with E-state index in [-0.39, 0.29) is 5.41 Å². The minimum Gasteiger partial charge on any atom is -0.491 e. The first-order chi connectivity index (χ1) is 11.4. The molecule has 0 unspecified atom stereocenters. The minimum atomic E-state index is 0.0581. The van der Waals surface area contributed by atoms with Crippen molar-refractivity contribution in [1.29, 1.82) is 0 Å². The molecule has 2 heterocycles. The molecule has 0 saturated carbocycles. The number of ether oxygens (including phenoxy) is 1. The van der Waals surface area contributed by atoms with Crippen molar-refractivity contribution >= 4 is 11.5 Å². The van der Waals surface area contributed by atoms with Crippen LogP contribution in [0.5, 0.6) is 5.75 Å². The van der Waals surface area contributed by atoms with Crippen LogP contribution in [-0.4, -0.2) is 33.0 Å². The predicted molar refractivity (Wildman–Crippen MR) is 94.6 cm³/mol. The number of rotatable bonds is 5. The number of para-hydroxylation sites is 1. The molecule has 0 radical (unpaired) electrons. The summed E-state index contributed by atoms with van der Waals surface area (Å²) in [4.78, 5) is 0. The molecule has 0 spiro atoms. The Kier molecular flexibility index (Phi) is 4.38. The smallest absolute Gasteiger partial charge is 0.178 e. The summed E-state index contributed by atoms with van der Waals surface area (Å²) in [7, 11) is 0. The van der Waals surface area contributed by atoms with Gasteiger partial charge in [0.05, 0.1) is 6.54 Å². The van der Waals surface area contributed by atoms with Crippen molar-refractivity contribution in [3.63, 3.8) is 0 Å². The Bertz CT molecular complexity index is 835. The number of hydrogen-bond acceptors (Lipinski definition) is 5. The van der Waals surface area contributed by atoms with Crippen LogP contribution in [-0.2, 0) is 5.41 Å². The van der Waals surface area contributed by atoms with Crippen LogP contribution in [0.2, 0.25) is 0 Å². The Morgan fingerprint density at radius 1 is 1.08 bits per heavy atom. The van der Waals surface area contributed by atoms with E-state index in [1.807, 2.05) is 37.3 Å². The Morgan fingerprint density at radius 2 is 1.88 bits per heavy atom. The van der Waals surface area contributed by atoms with Crippen molar-refractivity contribution in [2.75, 3.05) is 18.5 Å². The van der Waals surface area contributed by atoms with E-state index in [0.29, 0.717) is 13.2 Å². The Balaban J connectivity index is 1.60. The van der Waals surface area contributed by atoms with Crippen molar-refractivity contribution in [1.82, 2.24) is 19.8 Å². The van der Waals surface area contributed by atoms with E-state index in [0.717, 1.165) is 23.0 Å². The van der Waals surface area contributed by atoms with Gasteiger partial charge in [-0.15, -0.1) is 15.3 Å². The summed E-state index contributed by atoms with van der Waals surface area (Å²) >= 11 is 0. The molecule has 0 saturated heterocycles. The summed E-state index contributed by atoms with van der Waals surface area (Å²) in [5.74, 6) is 2.48. The Labute approximate surface area is 141 Å². The minimum absolute atomic E-state index is 0.0581. The first-order valence-electron chi connectivity index (χ1n) is 8.10. The van der Waals surface area contributed by atoms with Crippen molar-refractivity contribution < 1.29 is 4.74 Å². The maximum atomic E-state index is 5.96. The topological polar surface area (TPSA) is 64.3 Å². The van der Waals surface area contributed by atoms with Crippen LogP contribution in [0.25, 0.3) is 5.65 Å². The van der Waals surface area contributed by atoms with Crippen molar-refractivity contribution in [3.8, 4) is 5.75 Å². The lowest BCUT2D eigenvalue weighted by atomic mass is 9.86. The molecule has 0 fully saturated rings. The zero-order valence-electron chi connectivity index (χ0n) is 14.6. The van der Waals surface area contributed by atoms with Crippen LogP contribution in [0.3, 0.4) is 0 Å². The molecule has 0 amide bonds. The van der Waals surface area contributed by atoms with E-state index >= 15 is 0 Å². The molecule has 1 N–H and O–H groups in total. The van der Waals surface area contributed by atoms with Crippen molar-refractivity contribution in [2.24, 2.45) is 0 Å². The zero-order valence-corrected chi connectivity index (χ0v) is 14.6. The number of nitrogens with one attached hydrogen (secondary N) is 1. The SMILES string of the molecule is Cc1nnc2ccc(NCCOc3ccccc3C(C)(C)C)nn12. The summed E-state index contributed by atoms with van der Waals surface area (Å²) in [6, 6.07) is 12.0. The highest BCUT2D eigenvalue weighted by Crippen LogP contribution is 2.30. The molecule has 6 nitrogen and oxygen atoms in total. The van der Waals surface area contributed by atoms with E-state index in [1.54, 1.807) is 4.52 Å². The van der Waals surface area contributed by atoms with Crippen LogP contribution >= 0.6 is 0 Å². The largest absolute Gasteiger partial charge is 0.491 e. The molecule has 2 aromatic heterocycles. The third-order valence-electron chi connectivity index (χ3n) is 3.78. The molecule has 3 rings (SSSR count). The Hall–Kier alpha value is -2.63. The van der Waals surface area contributed by atoms with Crippen LogP contribution in [0.1, 0.15) is 32.2 Å². The second kappa shape index (κ2) is 6.47. The van der Waals surface area contributed by atoms with E-state index < -0.39 is 0 Å². The maximum Gasteiger partial charge on any atom is 0.178 e. The van der Waals surface area contributed by atoms with Gasteiger partial charge >= 0.3 is 0 Å². The van der Waals surface area contributed by atoms with E-state index in [2.05, 4.69) is 47.5 Å². The summed E-state index contributed by atoms with van der Waals surface area (Å²) in [5.41, 5.74) is 2.01. The highest BCUT2D eigenvalue weighted by molar-refractivity contribution is 5.44. The fourth-order valence-electron chi connectivity index (χ4n) is 2.54. The number of nitrogens with zero attached hydrogens (tertiary/aromatic N) is 4. The summed E-state index contributed by atoms with van der Waals surface area (Å²) in [5, 5.41) is 15.8. The highest BCUT2D eigenvalue weighted by atomic mass is 16.5. The third kappa shape index (κ3) is 3.48. The molecule has 3 aromatic rings. The zero-order chi connectivity index (χ0) is 17.2. The lowest BCUT2D eigenvalue weighted by Crippen LogP contribution is -2.17. The van der Waals surface area contributed by atoms with Gasteiger partial charge in [0.25, 0.3) is 0 Å². The fraction of sp³-hybridized carbons (Fsp3) is 0.389. The van der Waals surface area contributed by atoms with Crippen LogP contribution in [0.15, 0.2) is 36.4 Å². The Morgan fingerprint density at radius 3 is 2.67 bits per heavy atom. The molecule has 1 aromatic carbocycles. The molecule has 0 atom stereocenters. The summed E-state index contributed by atoms with van der Waals surface area (Å²) in [6.45, 7) is 9.67. The van der Waals surface area contributed by atoms with Gasteiger partial charge in [0.2, 0.25) is 0 Å². The third-order valence-corrected chi connectivity index (χ3v) is 3.78. The van der Waals surface area contributed by atoms with Crippen molar-refractivity contribution in [2.45, 2.75) is 33.1 Å². The molecule has 126 valence electrons. The van der Waals surface area contributed by atoms with Gasteiger partial charge in [-0.05, 0) is 36.1 Å². The summed E-state index contributed by atoms with van der Waals surface area (Å²) in [6.07, 6.45) is 0. The quantitative estimate of drug-likeness (QED) is 0.730. The van der Waals surface area contributed by atoms with Crippen LogP contribution in [0.4, 0.5) is 5.82 Å². The first kappa shape index (κ1) is 16.2. The van der Waals surface area contributed by atoms with Gasteiger partial charge < -0.3 is 10.1 Å². The molecule has 0 bridgehead atoms. The monoisotopic (exact) mass is 325 g/mol. The normalized spacial score (nSPS) is 11.7. The first-order valence-corrected chi connectivity index (χ1v) is 8.10. The highest BCUT2D eigenvalue weighted by Gasteiger charge is 2.18. The van der Waals surface area contributed by atoms with Gasteiger partial charge in [-0.3, -0.25) is 0 Å². The number of aryl methyl sites for hydroxylation is 1. The molecule has 0 aliphatic heterocycles. The lowest BCUT2D eigenvalue weighted by molar-refractivity contribution is 0.323. The van der Waals surface area contributed by atoms with E-state index in [9.17, 15) is 0 Å². The van der Waals surface area contributed by atoms with Gasteiger partial charge in [-0.2, -0.15) is 4.52 Å².